The van der Waals surface area contributed by atoms with Gasteiger partial charge in [0.2, 0.25) is 0 Å². The molecular weight excluding hydrogens is 392 g/mol. The first-order valence-corrected chi connectivity index (χ1v) is 10.7. The largest absolute Gasteiger partial charge is 0.318 e. The van der Waals surface area contributed by atoms with Crippen LogP contribution in [0.3, 0.4) is 0 Å². The van der Waals surface area contributed by atoms with Crippen molar-refractivity contribution in [3.8, 4) is 5.69 Å². The molecule has 4 nitrogen and oxygen atoms in total. The molecule has 152 valence electrons. The molecule has 1 aliphatic heterocycles. The number of benzene rings is 2. The third kappa shape index (κ3) is 3.85. The van der Waals surface area contributed by atoms with Gasteiger partial charge < -0.3 is 4.57 Å². The van der Waals surface area contributed by atoms with Crippen molar-refractivity contribution in [2.75, 3.05) is 0 Å². The van der Waals surface area contributed by atoms with Gasteiger partial charge in [0.25, 0.3) is 11.1 Å². The van der Waals surface area contributed by atoms with Gasteiger partial charge in [0.15, 0.2) is 0 Å². The molecule has 0 spiro atoms. The number of aromatic nitrogens is 1. The molecule has 2 amide bonds. The molecule has 4 rings (SSSR count). The lowest BCUT2D eigenvalue weighted by Gasteiger charge is -2.12. The summed E-state index contributed by atoms with van der Waals surface area (Å²) in [5.74, 6) is -0.230. The molecule has 1 aromatic heterocycles. The number of aryl methyl sites for hydroxylation is 3. The summed E-state index contributed by atoms with van der Waals surface area (Å²) in [5.41, 5.74) is 7.44. The molecule has 0 atom stereocenters. The Balaban J connectivity index is 1.62. The maximum absolute atomic E-state index is 12.9. The Labute approximate surface area is 181 Å². The van der Waals surface area contributed by atoms with Crippen molar-refractivity contribution in [1.29, 1.82) is 0 Å². The van der Waals surface area contributed by atoms with Crippen molar-refractivity contribution in [2.24, 2.45) is 0 Å². The maximum Gasteiger partial charge on any atom is 0.293 e. The molecular formula is C25H24N2O2S. The zero-order valence-electron chi connectivity index (χ0n) is 17.6. The number of hydrogen-bond donors (Lipinski definition) is 0. The monoisotopic (exact) mass is 416 g/mol. The van der Waals surface area contributed by atoms with Crippen molar-refractivity contribution >= 4 is 29.0 Å². The molecule has 2 heterocycles. The SMILES string of the molecule is Cc1ccc(-n2c(C)cc(/C=C3\SC(=O)N(Cc4cccc(C)c4)C3=O)c2C)cc1. The fraction of sp³-hybridized carbons (Fsp3) is 0.200. The van der Waals surface area contributed by atoms with Gasteiger partial charge in [0.05, 0.1) is 11.4 Å². The lowest BCUT2D eigenvalue weighted by molar-refractivity contribution is -0.123. The molecule has 2 aromatic carbocycles. The zero-order chi connectivity index (χ0) is 21.4. The van der Waals surface area contributed by atoms with Crippen LogP contribution in [0.5, 0.6) is 0 Å². The normalized spacial score (nSPS) is 15.5. The summed E-state index contributed by atoms with van der Waals surface area (Å²) >= 11 is 1.01. The third-order valence-corrected chi connectivity index (χ3v) is 6.25. The molecule has 1 fully saturated rings. The van der Waals surface area contributed by atoms with E-state index in [1.54, 1.807) is 0 Å². The lowest BCUT2D eigenvalue weighted by atomic mass is 10.1. The van der Waals surface area contributed by atoms with Crippen molar-refractivity contribution in [2.45, 2.75) is 34.2 Å². The van der Waals surface area contributed by atoms with Crippen LogP contribution in [0.2, 0.25) is 0 Å². The number of amides is 2. The Hall–Kier alpha value is -3.05. The second-order valence-corrected chi connectivity index (χ2v) is 8.75. The van der Waals surface area contributed by atoms with Gasteiger partial charge >= 0.3 is 0 Å². The number of imide groups is 1. The van der Waals surface area contributed by atoms with Crippen molar-refractivity contribution in [1.82, 2.24) is 9.47 Å². The van der Waals surface area contributed by atoms with E-state index in [0.717, 1.165) is 45.5 Å². The van der Waals surface area contributed by atoms with Gasteiger partial charge in [-0.05, 0) is 74.9 Å². The average Bonchev–Trinajstić information content (AvgIpc) is 3.13. The first-order valence-electron chi connectivity index (χ1n) is 9.90. The predicted molar refractivity (Wildman–Crippen MR) is 123 cm³/mol. The highest BCUT2D eigenvalue weighted by atomic mass is 32.2. The number of rotatable bonds is 4. The van der Waals surface area contributed by atoms with Crippen LogP contribution < -0.4 is 0 Å². The maximum atomic E-state index is 12.9. The van der Waals surface area contributed by atoms with Crippen LogP contribution in [-0.2, 0) is 11.3 Å². The lowest BCUT2D eigenvalue weighted by Crippen LogP contribution is -2.27. The number of carbonyl (C=O) groups excluding carboxylic acids is 2. The summed E-state index contributed by atoms with van der Waals surface area (Å²) in [7, 11) is 0. The first kappa shape index (κ1) is 20.2. The van der Waals surface area contributed by atoms with E-state index in [9.17, 15) is 9.59 Å². The molecule has 30 heavy (non-hydrogen) atoms. The topological polar surface area (TPSA) is 42.3 Å². The molecule has 1 aliphatic rings. The second kappa shape index (κ2) is 8.00. The van der Waals surface area contributed by atoms with Crippen LogP contribution >= 0.6 is 11.8 Å². The molecule has 0 bridgehead atoms. The summed E-state index contributed by atoms with van der Waals surface area (Å²) < 4.78 is 2.17. The highest BCUT2D eigenvalue weighted by Gasteiger charge is 2.35. The molecule has 0 N–H and O–H groups in total. The Morgan fingerprint density at radius 2 is 1.63 bits per heavy atom. The second-order valence-electron chi connectivity index (χ2n) is 7.75. The van der Waals surface area contributed by atoms with Gasteiger partial charge in [-0.2, -0.15) is 0 Å². The fourth-order valence-corrected chi connectivity index (χ4v) is 4.62. The quantitative estimate of drug-likeness (QED) is 0.494. The van der Waals surface area contributed by atoms with Gasteiger partial charge in [-0.25, -0.2) is 0 Å². The van der Waals surface area contributed by atoms with Gasteiger partial charge in [-0.15, -0.1) is 0 Å². The van der Waals surface area contributed by atoms with E-state index < -0.39 is 0 Å². The van der Waals surface area contributed by atoms with Crippen LogP contribution in [0.4, 0.5) is 4.79 Å². The van der Waals surface area contributed by atoms with E-state index in [-0.39, 0.29) is 11.1 Å². The molecule has 3 aromatic rings. The molecule has 0 saturated carbocycles. The van der Waals surface area contributed by atoms with Crippen molar-refractivity contribution < 1.29 is 9.59 Å². The molecule has 0 unspecified atom stereocenters. The number of hydrogen-bond acceptors (Lipinski definition) is 3. The van der Waals surface area contributed by atoms with Crippen LogP contribution in [0.15, 0.2) is 59.5 Å². The summed E-state index contributed by atoms with van der Waals surface area (Å²) in [5, 5.41) is -0.222. The molecule has 1 saturated heterocycles. The minimum atomic E-state index is -0.230. The molecule has 0 aliphatic carbocycles. The van der Waals surface area contributed by atoms with Crippen LogP contribution in [0.25, 0.3) is 11.8 Å². The number of carbonyl (C=O) groups is 2. The summed E-state index contributed by atoms with van der Waals surface area (Å²) in [4.78, 5) is 27.2. The fourth-order valence-electron chi connectivity index (χ4n) is 3.80. The third-order valence-electron chi connectivity index (χ3n) is 5.35. The van der Waals surface area contributed by atoms with Crippen molar-refractivity contribution in [3.05, 3.63) is 93.1 Å². The van der Waals surface area contributed by atoms with Gasteiger partial charge in [-0.1, -0.05) is 47.5 Å². The van der Waals surface area contributed by atoms with E-state index in [1.807, 2.05) is 51.1 Å². The minimum absolute atomic E-state index is 0.222. The van der Waals surface area contributed by atoms with Crippen LogP contribution in [-0.4, -0.2) is 20.6 Å². The van der Waals surface area contributed by atoms with Gasteiger partial charge in [0, 0.05) is 17.1 Å². The highest BCUT2D eigenvalue weighted by Crippen LogP contribution is 2.34. The Kier molecular flexibility index (Phi) is 5.39. The van der Waals surface area contributed by atoms with E-state index in [2.05, 4.69) is 41.8 Å². The zero-order valence-corrected chi connectivity index (χ0v) is 18.4. The smallest absolute Gasteiger partial charge is 0.293 e. The Morgan fingerprint density at radius 1 is 0.900 bits per heavy atom. The number of nitrogens with zero attached hydrogens (tertiary/aromatic N) is 2. The minimum Gasteiger partial charge on any atom is -0.318 e. The average molecular weight is 417 g/mol. The Morgan fingerprint density at radius 3 is 2.33 bits per heavy atom. The van der Waals surface area contributed by atoms with E-state index >= 15 is 0 Å². The molecule has 5 heteroatoms. The first-order chi connectivity index (χ1) is 14.3. The van der Waals surface area contributed by atoms with E-state index in [1.165, 1.54) is 10.5 Å². The van der Waals surface area contributed by atoms with Crippen LogP contribution in [0, 0.1) is 27.7 Å². The van der Waals surface area contributed by atoms with Crippen molar-refractivity contribution in [3.63, 3.8) is 0 Å². The van der Waals surface area contributed by atoms with Gasteiger partial charge in [-0.3, -0.25) is 14.5 Å². The number of thioether (sulfide) groups is 1. The van der Waals surface area contributed by atoms with Gasteiger partial charge in [0.1, 0.15) is 0 Å². The molecule has 0 radical (unpaired) electrons. The van der Waals surface area contributed by atoms with Crippen LogP contribution in [0.1, 0.15) is 33.6 Å². The Bertz CT molecular complexity index is 1170. The summed E-state index contributed by atoms with van der Waals surface area (Å²) in [6, 6.07) is 18.3. The van der Waals surface area contributed by atoms with E-state index in [4.69, 9.17) is 0 Å². The standard InChI is InChI=1S/C25H24N2O2S/c1-16-8-10-22(11-9-16)27-18(3)13-21(19(27)4)14-23-24(28)26(25(29)30-23)15-20-7-5-6-17(2)12-20/h5-14H,15H2,1-4H3/b23-14-. The van der Waals surface area contributed by atoms with E-state index in [0.29, 0.717) is 11.4 Å². The predicted octanol–water partition coefficient (Wildman–Crippen LogP) is 5.95. The highest BCUT2D eigenvalue weighted by molar-refractivity contribution is 8.18. The summed E-state index contributed by atoms with van der Waals surface area (Å²) in [6.07, 6.45) is 1.84. The summed E-state index contributed by atoms with van der Waals surface area (Å²) in [6.45, 7) is 8.45.